The quantitative estimate of drug-likeness (QED) is 0.853. The molecule has 112 valence electrons. The molecule has 1 aromatic heterocycles. The van der Waals surface area contributed by atoms with Crippen molar-refractivity contribution in [3.05, 3.63) is 41.7 Å². The van der Waals surface area contributed by atoms with Gasteiger partial charge in [0.1, 0.15) is 5.75 Å². The number of methoxy groups -OCH3 is 3. The number of H-pyrrole nitrogens is 1. The van der Waals surface area contributed by atoms with Crippen molar-refractivity contribution in [2.75, 3.05) is 21.3 Å². The fraction of sp³-hybridized carbons (Fsp3) is 0.267. The van der Waals surface area contributed by atoms with Crippen LogP contribution in [0.1, 0.15) is 15.9 Å². The topological polar surface area (TPSA) is 72.6 Å². The number of ether oxygens (including phenoxy) is 3. The molecule has 1 heterocycles. The lowest BCUT2D eigenvalue weighted by Crippen LogP contribution is -2.23. The second-order valence-corrected chi connectivity index (χ2v) is 4.31. The summed E-state index contributed by atoms with van der Waals surface area (Å²) >= 11 is 0. The van der Waals surface area contributed by atoms with Crippen LogP contribution < -0.4 is 19.5 Å². The Morgan fingerprint density at radius 3 is 2.33 bits per heavy atom. The third-order valence-corrected chi connectivity index (χ3v) is 3.07. The zero-order chi connectivity index (χ0) is 15.2. The number of hydrogen-bond donors (Lipinski definition) is 2. The predicted molar refractivity (Wildman–Crippen MR) is 78.1 cm³/mol. The molecule has 0 saturated carbocycles. The second-order valence-electron chi connectivity index (χ2n) is 4.31. The van der Waals surface area contributed by atoms with E-state index in [-0.39, 0.29) is 5.91 Å². The average Bonchev–Trinajstić information content (AvgIpc) is 3.04. The van der Waals surface area contributed by atoms with Crippen molar-refractivity contribution in [1.29, 1.82) is 0 Å². The Kier molecular flexibility index (Phi) is 4.71. The minimum Gasteiger partial charge on any atom is -0.496 e. The third kappa shape index (κ3) is 3.28. The lowest BCUT2D eigenvalue weighted by atomic mass is 10.1. The van der Waals surface area contributed by atoms with Crippen LogP contribution in [0.2, 0.25) is 0 Å². The van der Waals surface area contributed by atoms with E-state index in [9.17, 15) is 4.79 Å². The van der Waals surface area contributed by atoms with Gasteiger partial charge in [0.2, 0.25) is 0 Å². The van der Waals surface area contributed by atoms with Gasteiger partial charge in [-0.05, 0) is 11.6 Å². The lowest BCUT2D eigenvalue weighted by Gasteiger charge is -2.13. The maximum absolute atomic E-state index is 12.3. The lowest BCUT2D eigenvalue weighted by molar-refractivity contribution is 0.0947. The molecule has 0 spiro atoms. The summed E-state index contributed by atoms with van der Waals surface area (Å²) in [5.74, 6) is 1.18. The van der Waals surface area contributed by atoms with Gasteiger partial charge in [0.15, 0.2) is 11.5 Å². The van der Waals surface area contributed by atoms with Crippen LogP contribution in [0.5, 0.6) is 17.2 Å². The van der Waals surface area contributed by atoms with Crippen molar-refractivity contribution in [1.82, 2.24) is 10.3 Å². The first kappa shape index (κ1) is 14.8. The van der Waals surface area contributed by atoms with Gasteiger partial charge in [-0.2, -0.15) is 0 Å². The van der Waals surface area contributed by atoms with E-state index in [0.29, 0.717) is 29.4 Å². The summed E-state index contributed by atoms with van der Waals surface area (Å²) in [5, 5.41) is 2.83. The highest BCUT2D eigenvalue weighted by molar-refractivity contribution is 5.97. The number of hydrogen-bond acceptors (Lipinski definition) is 4. The first-order valence-electron chi connectivity index (χ1n) is 6.39. The first-order chi connectivity index (χ1) is 10.2. The van der Waals surface area contributed by atoms with Crippen LogP contribution in [0.25, 0.3) is 0 Å². The molecule has 1 aromatic carbocycles. The number of amides is 1. The molecule has 0 bridgehead atoms. The highest BCUT2D eigenvalue weighted by Gasteiger charge is 2.17. The van der Waals surface area contributed by atoms with Crippen molar-refractivity contribution >= 4 is 5.91 Å². The summed E-state index contributed by atoms with van der Waals surface area (Å²) in [5.41, 5.74) is 1.38. The van der Waals surface area contributed by atoms with Crippen LogP contribution in [0.15, 0.2) is 30.6 Å². The summed E-state index contributed by atoms with van der Waals surface area (Å²) in [6, 6.07) is 5.13. The molecule has 0 aliphatic carbocycles. The number of nitrogens with one attached hydrogen (secondary N) is 2. The fourth-order valence-electron chi connectivity index (χ4n) is 1.95. The van der Waals surface area contributed by atoms with Gasteiger partial charge in [-0.25, -0.2) is 0 Å². The minimum absolute atomic E-state index is 0.242. The third-order valence-electron chi connectivity index (χ3n) is 3.07. The van der Waals surface area contributed by atoms with E-state index in [2.05, 4.69) is 10.3 Å². The predicted octanol–water partition coefficient (Wildman–Crippen LogP) is 1.97. The Balaban J connectivity index is 2.22. The standard InChI is InChI=1S/C15H18N2O4/c1-19-12-7-14(21-3)13(20-2)6-11(12)15(18)17-9-10-4-5-16-8-10/h4-8,16H,9H2,1-3H3,(H,17,18). The fourth-order valence-corrected chi connectivity index (χ4v) is 1.95. The molecular formula is C15H18N2O4. The molecule has 6 nitrogen and oxygen atoms in total. The highest BCUT2D eigenvalue weighted by atomic mass is 16.5. The van der Waals surface area contributed by atoms with E-state index in [1.807, 2.05) is 12.3 Å². The van der Waals surface area contributed by atoms with E-state index < -0.39 is 0 Å². The number of rotatable bonds is 6. The van der Waals surface area contributed by atoms with E-state index in [4.69, 9.17) is 14.2 Å². The maximum Gasteiger partial charge on any atom is 0.255 e. The van der Waals surface area contributed by atoms with Gasteiger partial charge in [-0.3, -0.25) is 4.79 Å². The van der Waals surface area contributed by atoms with E-state index in [1.165, 1.54) is 21.3 Å². The minimum atomic E-state index is -0.242. The van der Waals surface area contributed by atoms with Gasteiger partial charge in [0.05, 0.1) is 26.9 Å². The largest absolute Gasteiger partial charge is 0.496 e. The van der Waals surface area contributed by atoms with Crippen LogP contribution in [-0.2, 0) is 6.54 Å². The number of carbonyl (C=O) groups is 1. The Bertz CT molecular complexity index is 608. The molecule has 2 rings (SSSR count). The molecular weight excluding hydrogens is 272 g/mol. The highest BCUT2D eigenvalue weighted by Crippen LogP contribution is 2.34. The Morgan fingerprint density at radius 2 is 1.76 bits per heavy atom. The molecule has 0 unspecified atom stereocenters. The number of benzene rings is 1. The number of aromatic amines is 1. The SMILES string of the molecule is COc1cc(OC)c(C(=O)NCc2cc[nH]c2)cc1OC. The molecule has 0 radical (unpaired) electrons. The molecule has 0 atom stereocenters. The zero-order valence-corrected chi connectivity index (χ0v) is 12.2. The van der Waals surface area contributed by atoms with E-state index >= 15 is 0 Å². The van der Waals surface area contributed by atoms with Gasteiger partial charge in [0.25, 0.3) is 5.91 Å². The van der Waals surface area contributed by atoms with Crippen molar-refractivity contribution in [2.24, 2.45) is 0 Å². The summed E-state index contributed by atoms with van der Waals surface area (Å²) in [6.45, 7) is 0.430. The van der Waals surface area contributed by atoms with E-state index in [0.717, 1.165) is 5.56 Å². The van der Waals surface area contributed by atoms with Crippen LogP contribution >= 0.6 is 0 Å². The summed E-state index contributed by atoms with van der Waals surface area (Å²) in [4.78, 5) is 15.2. The van der Waals surface area contributed by atoms with Crippen LogP contribution in [0.4, 0.5) is 0 Å². The molecule has 6 heteroatoms. The van der Waals surface area contributed by atoms with Crippen LogP contribution in [-0.4, -0.2) is 32.2 Å². The van der Waals surface area contributed by atoms with Gasteiger partial charge in [-0.15, -0.1) is 0 Å². The molecule has 2 N–H and O–H groups in total. The van der Waals surface area contributed by atoms with Gasteiger partial charge in [0, 0.05) is 31.1 Å². The first-order valence-corrected chi connectivity index (χ1v) is 6.39. The van der Waals surface area contributed by atoms with Crippen LogP contribution in [0.3, 0.4) is 0 Å². The van der Waals surface area contributed by atoms with Crippen molar-refractivity contribution < 1.29 is 19.0 Å². The van der Waals surface area contributed by atoms with Crippen molar-refractivity contribution in [3.63, 3.8) is 0 Å². The normalized spacial score (nSPS) is 10.0. The molecule has 21 heavy (non-hydrogen) atoms. The average molecular weight is 290 g/mol. The molecule has 1 amide bonds. The monoisotopic (exact) mass is 290 g/mol. The smallest absolute Gasteiger partial charge is 0.255 e. The molecule has 0 aliphatic rings. The summed E-state index contributed by atoms with van der Waals surface area (Å²) in [6.07, 6.45) is 3.63. The van der Waals surface area contributed by atoms with Crippen molar-refractivity contribution in [2.45, 2.75) is 6.54 Å². The molecule has 2 aromatic rings. The molecule has 0 saturated heterocycles. The maximum atomic E-state index is 12.3. The van der Waals surface area contributed by atoms with Gasteiger partial charge in [-0.1, -0.05) is 0 Å². The van der Waals surface area contributed by atoms with Crippen molar-refractivity contribution in [3.8, 4) is 17.2 Å². The Morgan fingerprint density at radius 1 is 1.10 bits per heavy atom. The Hall–Kier alpha value is -2.63. The number of aromatic nitrogens is 1. The van der Waals surface area contributed by atoms with Crippen LogP contribution in [0, 0.1) is 0 Å². The second kappa shape index (κ2) is 6.69. The van der Waals surface area contributed by atoms with E-state index in [1.54, 1.807) is 18.3 Å². The summed E-state index contributed by atoms with van der Waals surface area (Å²) in [7, 11) is 4.55. The molecule has 0 fully saturated rings. The van der Waals surface area contributed by atoms with Gasteiger partial charge >= 0.3 is 0 Å². The number of carbonyl (C=O) groups excluding carboxylic acids is 1. The van der Waals surface area contributed by atoms with Gasteiger partial charge < -0.3 is 24.5 Å². The Labute approximate surface area is 123 Å². The summed E-state index contributed by atoms with van der Waals surface area (Å²) < 4.78 is 15.6. The molecule has 0 aliphatic heterocycles. The zero-order valence-electron chi connectivity index (χ0n) is 12.2.